The van der Waals surface area contributed by atoms with Crippen LogP contribution >= 0.6 is 22.9 Å². The summed E-state index contributed by atoms with van der Waals surface area (Å²) in [5, 5.41) is 2.96. The van der Waals surface area contributed by atoms with Gasteiger partial charge in [-0.25, -0.2) is 4.79 Å². The lowest BCUT2D eigenvalue weighted by atomic mass is 10.1. The summed E-state index contributed by atoms with van der Waals surface area (Å²) in [6.07, 6.45) is 4.37. The molecule has 3 nitrogen and oxygen atoms in total. The SMILES string of the molecule is O=C(NCCc1ccc(Cl)s1)N1CCCCC1. The zero-order valence-corrected chi connectivity index (χ0v) is 11.3. The summed E-state index contributed by atoms with van der Waals surface area (Å²) >= 11 is 7.42. The van der Waals surface area contributed by atoms with Crippen molar-refractivity contribution in [2.75, 3.05) is 19.6 Å². The van der Waals surface area contributed by atoms with E-state index in [1.54, 1.807) is 11.3 Å². The van der Waals surface area contributed by atoms with Crippen molar-refractivity contribution in [2.24, 2.45) is 0 Å². The molecule has 1 aromatic heterocycles. The Morgan fingerprint density at radius 3 is 2.76 bits per heavy atom. The third-order valence-electron chi connectivity index (χ3n) is 2.92. The molecule has 0 saturated carbocycles. The largest absolute Gasteiger partial charge is 0.338 e. The van der Waals surface area contributed by atoms with Crippen LogP contribution in [0.1, 0.15) is 24.1 Å². The van der Waals surface area contributed by atoms with E-state index < -0.39 is 0 Å². The molecule has 1 N–H and O–H groups in total. The van der Waals surface area contributed by atoms with Crippen LogP contribution in [-0.2, 0) is 6.42 Å². The fourth-order valence-corrected chi connectivity index (χ4v) is 3.07. The van der Waals surface area contributed by atoms with Crippen LogP contribution < -0.4 is 5.32 Å². The maximum atomic E-state index is 11.8. The first-order chi connectivity index (χ1) is 8.25. The third kappa shape index (κ3) is 3.89. The lowest BCUT2D eigenvalue weighted by Gasteiger charge is -2.26. The molecule has 0 radical (unpaired) electrons. The van der Waals surface area contributed by atoms with Crippen LogP contribution in [0.4, 0.5) is 4.79 Å². The van der Waals surface area contributed by atoms with Gasteiger partial charge in [0.1, 0.15) is 0 Å². The van der Waals surface area contributed by atoms with Crippen molar-refractivity contribution < 1.29 is 4.79 Å². The van der Waals surface area contributed by atoms with Crippen molar-refractivity contribution in [2.45, 2.75) is 25.7 Å². The van der Waals surface area contributed by atoms with E-state index >= 15 is 0 Å². The minimum absolute atomic E-state index is 0.0763. The molecule has 0 spiro atoms. The Labute approximate surface area is 111 Å². The fourth-order valence-electron chi connectivity index (χ4n) is 1.99. The third-order valence-corrected chi connectivity index (χ3v) is 4.21. The Morgan fingerprint density at radius 1 is 1.35 bits per heavy atom. The second-order valence-electron chi connectivity index (χ2n) is 4.24. The van der Waals surface area contributed by atoms with Gasteiger partial charge in [-0.2, -0.15) is 0 Å². The van der Waals surface area contributed by atoms with Crippen LogP contribution in [0.5, 0.6) is 0 Å². The number of nitrogens with one attached hydrogen (secondary N) is 1. The maximum Gasteiger partial charge on any atom is 0.317 e. The molecule has 2 rings (SSSR count). The molecular weight excluding hydrogens is 256 g/mol. The normalized spacial score (nSPS) is 15.9. The summed E-state index contributed by atoms with van der Waals surface area (Å²) in [5.74, 6) is 0. The second kappa shape index (κ2) is 6.26. The quantitative estimate of drug-likeness (QED) is 0.901. The van der Waals surface area contributed by atoms with Crippen LogP contribution in [0.25, 0.3) is 0 Å². The predicted molar refractivity (Wildman–Crippen MR) is 71.9 cm³/mol. The Morgan fingerprint density at radius 2 is 2.12 bits per heavy atom. The maximum absolute atomic E-state index is 11.8. The summed E-state index contributed by atoms with van der Waals surface area (Å²) < 4.78 is 0.808. The smallest absolute Gasteiger partial charge is 0.317 e. The summed E-state index contributed by atoms with van der Waals surface area (Å²) in [7, 11) is 0. The molecule has 1 aliphatic heterocycles. The summed E-state index contributed by atoms with van der Waals surface area (Å²) in [6, 6.07) is 3.99. The molecule has 2 heterocycles. The van der Waals surface area contributed by atoms with Crippen molar-refractivity contribution >= 4 is 29.0 Å². The molecule has 0 bridgehead atoms. The number of nitrogens with zero attached hydrogens (tertiary/aromatic N) is 1. The minimum atomic E-state index is 0.0763. The molecule has 5 heteroatoms. The van der Waals surface area contributed by atoms with Gasteiger partial charge in [0, 0.05) is 24.5 Å². The molecule has 0 aliphatic carbocycles. The fraction of sp³-hybridized carbons (Fsp3) is 0.583. The number of amides is 2. The number of urea groups is 1. The van der Waals surface area contributed by atoms with Crippen LogP contribution in [0, 0.1) is 0 Å². The Kier molecular flexibility index (Phi) is 4.68. The van der Waals surface area contributed by atoms with Crippen molar-refractivity contribution in [1.82, 2.24) is 10.2 Å². The molecule has 0 unspecified atom stereocenters. The van der Waals surface area contributed by atoms with Crippen molar-refractivity contribution in [3.8, 4) is 0 Å². The molecule has 17 heavy (non-hydrogen) atoms. The monoisotopic (exact) mass is 272 g/mol. The number of rotatable bonds is 3. The second-order valence-corrected chi connectivity index (χ2v) is 6.04. The number of likely N-dealkylation sites (tertiary alicyclic amines) is 1. The molecule has 1 fully saturated rings. The number of carbonyl (C=O) groups is 1. The number of hydrogen-bond donors (Lipinski definition) is 1. The van der Waals surface area contributed by atoms with E-state index in [9.17, 15) is 4.79 Å². The van der Waals surface area contributed by atoms with Crippen molar-refractivity contribution in [3.63, 3.8) is 0 Å². The zero-order valence-electron chi connectivity index (χ0n) is 9.75. The average molecular weight is 273 g/mol. The molecule has 0 aromatic carbocycles. The zero-order chi connectivity index (χ0) is 12.1. The molecule has 1 aliphatic rings. The first-order valence-electron chi connectivity index (χ1n) is 6.03. The molecule has 94 valence electrons. The summed E-state index contributed by atoms with van der Waals surface area (Å²) in [5.41, 5.74) is 0. The number of hydrogen-bond acceptors (Lipinski definition) is 2. The lowest BCUT2D eigenvalue weighted by molar-refractivity contribution is 0.186. The van der Waals surface area contributed by atoms with Crippen molar-refractivity contribution in [1.29, 1.82) is 0 Å². The van der Waals surface area contributed by atoms with E-state index in [0.29, 0.717) is 6.54 Å². The highest BCUT2D eigenvalue weighted by Gasteiger charge is 2.15. The van der Waals surface area contributed by atoms with Crippen molar-refractivity contribution in [3.05, 3.63) is 21.3 Å². The molecule has 1 aromatic rings. The average Bonchev–Trinajstić information content (AvgIpc) is 2.76. The molecular formula is C12H17ClN2OS. The van der Waals surface area contributed by atoms with Crippen LogP contribution in [0.15, 0.2) is 12.1 Å². The number of halogens is 1. The van der Waals surface area contributed by atoms with E-state index in [1.165, 1.54) is 11.3 Å². The summed E-state index contributed by atoms with van der Waals surface area (Å²) in [4.78, 5) is 14.9. The number of carbonyl (C=O) groups excluding carboxylic acids is 1. The molecule has 2 amide bonds. The topological polar surface area (TPSA) is 32.3 Å². The van der Waals surface area contributed by atoms with Gasteiger partial charge in [0.15, 0.2) is 0 Å². The molecule has 1 saturated heterocycles. The van der Waals surface area contributed by atoms with E-state index in [0.717, 1.165) is 36.7 Å². The van der Waals surface area contributed by atoms with Gasteiger partial charge in [-0.15, -0.1) is 11.3 Å². The van der Waals surface area contributed by atoms with E-state index in [-0.39, 0.29) is 6.03 Å². The van der Waals surface area contributed by atoms with Gasteiger partial charge >= 0.3 is 6.03 Å². The predicted octanol–water partition coefficient (Wildman–Crippen LogP) is 3.14. The van der Waals surface area contributed by atoms with Gasteiger partial charge in [-0.1, -0.05) is 11.6 Å². The van der Waals surface area contributed by atoms with Crippen LogP contribution in [0.2, 0.25) is 4.34 Å². The van der Waals surface area contributed by atoms with Crippen LogP contribution in [0.3, 0.4) is 0 Å². The van der Waals surface area contributed by atoms with Crippen LogP contribution in [-0.4, -0.2) is 30.6 Å². The Bertz CT molecular complexity index is 374. The van der Waals surface area contributed by atoms with Gasteiger partial charge in [-0.3, -0.25) is 0 Å². The van der Waals surface area contributed by atoms with E-state index in [2.05, 4.69) is 5.32 Å². The highest BCUT2D eigenvalue weighted by Crippen LogP contribution is 2.21. The van der Waals surface area contributed by atoms with Gasteiger partial charge < -0.3 is 10.2 Å². The first-order valence-corrected chi connectivity index (χ1v) is 7.22. The highest BCUT2D eigenvalue weighted by atomic mass is 35.5. The van der Waals surface area contributed by atoms with E-state index in [1.807, 2.05) is 17.0 Å². The van der Waals surface area contributed by atoms with Gasteiger partial charge in [0.2, 0.25) is 0 Å². The molecule has 0 atom stereocenters. The van der Waals surface area contributed by atoms with Gasteiger partial charge in [0.05, 0.1) is 4.34 Å². The van der Waals surface area contributed by atoms with E-state index in [4.69, 9.17) is 11.6 Å². The Hall–Kier alpha value is -0.740. The lowest BCUT2D eigenvalue weighted by Crippen LogP contribution is -2.43. The minimum Gasteiger partial charge on any atom is -0.338 e. The number of thiophene rings is 1. The van der Waals surface area contributed by atoms with Gasteiger partial charge in [0.25, 0.3) is 0 Å². The standard InChI is InChI=1S/C12H17ClN2OS/c13-11-5-4-10(17-11)6-7-14-12(16)15-8-2-1-3-9-15/h4-5H,1-3,6-9H2,(H,14,16). The first kappa shape index (κ1) is 12.7. The summed E-state index contributed by atoms with van der Waals surface area (Å²) in [6.45, 7) is 2.49. The highest BCUT2D eigenvalue weighted by molar-refractivity contribution is 7.16. The number of piperidine rings is 1. The Balaban J connectivity index is 1.69. The van der Waals surface area contributed by atoms with Gasteiger partial charge in [-0.05, 0) is 37.8 Å².